The van der Waals surface area contributed by atoms with Crippen LogP contribution in [-0.2, 0) is 0 Å². The number of rotatable bonds is 3. The van der Waals surface area contributed by atoms with Gasteiger partial charge in [-0.1, -0.05) is 22.4 Å². The van der Waals surface area contributed by atoms with Crippen LogP contribution in [0.5, 0.6) is 0 Å². The number of hydrogen-bond donors (Lipinski definition) is 0. The standard InChI is InChI=1S/C16H23BrN2O.ClH/c1-18(2)16(11-5-4-6-12-16)19(3)15(20)13-7-9-14(17)10-8-13;/h7-10H,4-6,11-12H2,1-3H3;1H. The van der Waals surface area contributed by atoms with Gasteiger partial charge in [0.15, 0.2) is 0 Å². The minimum atomic E-state index is -0.137. The van der Waals surface area contributed by atoms with E-state index in [-0.39, 0.29) is 24.0 Å². The molecule has 0 aliphatic heterocycles. The van der Waals surface area contributed by atoms with E-state index in [0.29, 0.717) is 0 Å². The van der Waals surface area contributed by atoms with Gasteiger partial charge in [0.05, 0.1) is 5.66 Å². The predicted molar refractivity (Wildman–Crippen MR) is 93.0 cm³/mol. The molecule has 0 heterocycles. The van der Waals surface area contributed by atoms with Crippen LogP contribution < -0.4 is 0 Å². The lowest BCUT2D eigenvalue weighted by atomic mass is 9.86. The van der Waals surface area contributed by atoms with Crippen LogP contribution >= 0.6 is 28.3 Å². The summed E-state index contributed by atoms with van der Waals surface area (Å²) in [6.07, 6.45) is 5.76. The summed E-state index contributed by atoms with van der Waals surface area (Å²) >= 11 is 3.41. The molecule has 0 N–H and O–H groups in total. The fourth-order valence-corrected chi connectivity index (χ4v) is 3.44. The van der Waals surface area contributed by atoms with Crippen molar-refractivity contribution in [3.05, 3.63) is 34.3 Å². The molecule has 0 saturated heterocycles. The quantitative estimate of drug-likeness (QED) is 0.740. The van der Waals surface area contributed by atoms with Gasteiger partial charge in [0, 0.05) is 17.1 Å². The maximum Gasteiger partial charge on any atom is 0.255 e. The highest BCUT2D eigenvalue weighted by atomic mass is 79.9. The van der Waals surface area contributed by atoms with E-state index in [1.807, 2.05) is 36.2 Å². The molecule has 2 rings (SSSR count). The first-order valence-corrected chi connectivity index (χ1v) is 7.98. The molecular formula is C16H24BrClN2O. The Morgan fingerprint density at radius 2 is 1.57 bits per heavy atom. The van der Waals surface area contributed by atoms with Crippen LogP contribution in [0.25, 0.3) is 0 Å². The molecule has 1 amide bonds. The number of nitrogens with zero attached hydrogens (tertiary/aromatic N) is 2. The second-order valence-corrected chi connectivity index (χ2v) is 6.72. The van der Waals surface area contributed by atoms with Gasteiger partial charge in [-0.05, 0) is 64.0 Å². The topological polar surface area (TPSA) is 23.6 Å². The van der Waals surface area contributed by atoms with E-state index in [4.69, 9.17) is 0 Å². The normalized spacial score (nSPS) is 17.2. The Balaban J connectivity index is 0.00000220. The van der Waals surface area contributed by atoms with E-state index < -0.39 is 0 Å². The first-order chi connectivity index (χ1) is 9.47. The summed E-state index contributed by atoms with van der Waals surface area (Å²) in [5, 5.41) is 0. The molecule has 118 valence electrons. The van der Waals surface area contributed by atoms with E-state index in [1.165, 1.54) is 19.3 Å². The molecular weight excluding hydrogens is 352 g/mol. The van der Waals surface area contributed by atoms with E-state index in [1.54, 1.807) is 0 Å². The number of carbonyl (C=O) groups is 1. The molecule has 0 atom stereocenters. The van der Waals surface area contributed by atoms with Crippen molar-refractivity contribution in [2.75, 3.05) is 21.1 Å². The number of hydrogen-bond acceptors (Lipinski definition) is 2. The number of amides is 1. The van der Waals surface area contributed by atoms with E-state index in [0.717, 1.165) is 22.9 Å². The van der Waals surface area contributed by atoms with Gasteiger partial charge in [0.25, 0.3) is 5.91 Å². The highest BCUT2D eigenvalue weighted by Crippen LogP contribution is 2.35. The molecule has 1 saturated carbocycles. The first kappa shape index (κ1) is 18.5. The van der Waals surface area contributed by atoms with Crippen LogP contribution in [0.4, 0.5) is 0 Å². The lowest BCUT2D eigenvalue weighted by molar-refractivity contribution is -0.0295. The zero-order chi connectivity index (χ0) is 14.8. The van der Waals surface area contributed by atoms with Crippen LogP contribution in [0.3, 0.4) is 0 Å². The molecule has 3 nitrogen and oxygen atoms in total. The van der Waals surface area contributed by atoms with Gasteiger partial charge in [0.1, 0.15) is 0 Å². The smallest absolute Gasteiger partial charge is 0.255 e. The van der Waals surface area contributed by atoms with Crippen molar-refractivity contribution in [3.8, 4) is 0 Å². The minimum absolute atomic E-state index is 0. The molecule has 1 aliphatic rings. The first-order valence-electron chi connectivity index (χ1n) is 7.18. The maximum absolute atomic E-state index is 12.7. The fraction of sp³-hybridized carbons (Fsp3) is 0.562. The molecule has 5 heteroatoms. The van der Waals surface area contributed by atoms with Gasteiger partial charge in [-0.15, -0.1) is 12.4 Å². The molecule has 21 heavy (non-hydrogen) atoms. The third-order valence-electron chi connectivity index (χ3n) is 4.51. The van der Waals surface area contributed by atoms with Crippen molar-refractivity contribution >= 4 is 34.2 Å². The SMILES string of the molecule is CN(C)C1(N(C)C(=O)c2ccc(Br)cc2)CCCCC1.Cl. The Morgan fingerprint density at radius 1 is 1.05 bits per heavy atom. The van der Waals surface area contributed by atoms with E-state index in [2.05, 4.69) is 34.9 Å². The van der Waals surface area contributed by atoms with Crippen molar-refractivity contribution in [1.82, 2.24) is 9.80 Å². The molecule has 0 radical (unpaired) electrons. The second kappa shape index (κ2) is 7.61. The third kappa shape index (κ3) is 3.79. The second-order valence-electron chi connectivity index (χ2n) is 5.81. The van der Waals surface area contributed by atoms with Crippen LogP contribution in [0, 0.1) is 0 Å². The number of halogens is 2. The molecule has 0 aromatic heterocycles. The summed E-state index contributed by atoms with van der Waals surface area (Å²) in [5.41, 5.74) is 0.616. The lowest BCUT2D eigenvalue weighted by Crippen LogP contribution is -2.59. The third-order valence-corrected chi connectivity index (χ3v) is 5.04. The number of benzene rings is 1. The van der Waals surface area contributed by atoms with Crippen molar-refractivity contribution in [2.45, 2.75) is 37.8 Å². The zero-order valence-electron chi connectivity index (χ0n) is 12.9. The van der Waals surface area contributed by atoms with Crippen molar-refractivity contribution < 1.29 is 4.79 Å². The van der Waals surface area contributed by atoms with Crippen molar-refractivity contribution in [3.63, 3.8) is 0 Å². The Kier molecular flexibility index (Phi) is 6.70. The Morgan fingerprint density at radius 3 is 2.05 bits per heavy atom. The molecule has 1 aromatic rings. The summed E-state index contributed by atoms with van der Waals surface area (Å²) in [6, 6.07) is 7.61. The molecule has 0 spiro atoms. The molecule has 0 unspecified atom stereocenters. The van der Waals surface area contributed by atoms with E-state index >= 15 is 0 Å². The molecule has 1 fully saturated rings. The highest BCUT2D eigenvalue weighted by Gasteiger charge is 2.40. The van der Waals surface area contributed by atoms with Gasteiger partial charge < -0.3 is 4.90 Å². The van der Waals surface area contributed by atoms with Gasteiger partial charge in [-0.25, -0.2) is 0 Å². The average molecular weight is 376 g/mol. The van der Waals surface area contributed by atoms with Crippen molar-refractivity contribution in [2.24, 2.45) is 0 Å². The monoisotopic (exact) mass is 374 g/mol. The molecule has 1 aromatic carbocycles. The highest BCUT2D eigenvalue weighted by molar-refractivity contribution is 9.10. The summed E-state index contributed by atoms with van der Waals surface area (Å²) in [7, 11) is 6.10. The van der Waals surface area contributed by atoms with Crippen LogP contribution in [0.1, 0.15) is 42.5 Å². The molecule has 0 bridgehead atoms. The molecule has 1 aliphatic carbocycles. The summed E-state index contributed by atoms with van der Waals surface area (Å²) < 4.78 is 0.997. The fourth-order valence-electron chi connectivity index (χ4n) is 3.18. The largest absolute Gasteiger partial charge is 0.323 e. The predicted octanol–water partition coefficient (Wildman–Crippen LogP) is 4.16. The zero-order valence-corrected chi connectivity index (χ0v) is 15.3. The Labute approximate surface area is 142 Å². The van der Waals surface area contributed by atoms with Crippen LogP contribution in [0.15, 0.2) is 28.7 Å². The summed E-state index contributed by atoms with van der Waals surface area (Å²) in [5.74, 6) is 0.105. The lowest BCUT2D eigenvalue weighted by Gasteiger charge is -2.49. The van der Waals surface area contributed by atoms with Gasteiger partial charge in [-0.2, -0.15) is 0 Å². The van der Waals surface area contributed by atoms with Gasteiger partial charge >= 0.3 is 0 Å². The minimum Gasteiger partial charge on any atom is -0.323 e. The Hall–Kier alpha value is -0.580. The van der Waals surface area contributed by atoms with Crippen LogP contribution in [-0.4, -0.2) is 42.5 Å². The van der Waals surface area contributed by atoms with Gasteiger partial charge in [0.2, 0.25) is 0 Å². The average Bonchev–Trinajstić information content (AvgIpc) is 2.47. The van der Waals surface area contributed by atoms with E-state index in [9.17, 15) is 4.79 Å². The van der Waals surface area contributed by atoms with Crippen molar-refractivity contribution in [1.29, 1.82) is 0 Å². The van der Waals surface area contributed by atoms with Crippen LogP contribution in [0.2, 0.25) is 0 Å². The number of carbonyl (C=O) groups excluding carboxylic acids is 1. The van der Waals surface area contributed by atoms with Gasteiger partial charge in [-0.3, -0.25) is 9.69 Å². The summed E-state index contributed by atoms with van der Waals surface area (Å²) in [4.78, 5) is 16.9. The Bertz CT molecular complexity index is 470. The maximum atomic E-state index is 12.7. The summed E-state index contributed by atoms with van der Waals surface area (Å²) in [6.45, 7) is 0.